The Bertz CT molecular complexity index is 1400. The fourth-order valence-electron chi connectivity index (χ4n) is 4.94. The summed E-state index contributed by atoms with van der Waals surface area (Å²) in [7, 11) is -2.62. The predicted octanol–water partition coefficient (Wildman–Crippen LogP) is 4.68. The number of ether oxygens (including phenoxy) is 1. The van der Waals surface area contributed by atoms with Crippen LogP contribution in [0.3, 0.4) is 0 Å². The lowest BCUT2D eigenvalue weighted by molar-refractivity contribution is -0.139. The van der Waals surface area contributed by atoms with Crippen molar-refractivity contribution < 1.29 is 22.7 Å². The Hall–Kier alpha value is -3.85. The fraction of sp³-hybridized carbons (Fsp3) is 0.355. The van der Waals surface area contributed by atoms with Gasteiger partial charge in [-0.15, -0.1) is 0 Å². The quantitative estimate of drug-likeness (QED) is 0.366. The Labute approximate surface area is 237 Å². The SMILES string of the molecule is COc1ccc(S(=O)(=O)N(CC(=O)N(Cc2ccccc2C)[C@H](C)C(=O)NC2CCCC2)c2ccccc2)cc1. The molecule has 0 saturated heterocycles. The van der Waals surface area contributed by atoms with Crippen molar-refractivity contribution in [3.63, 3.8) is 0 Å². The number of benzene rings is 3. The summed E-state index contributed by atoms with van der Waals surface area (Å²) in [6.45, 7) is 3.36. The molecule has 4 rings (SSSR count). The molecule has 1 aliphatic rings. The highest BCUT2D eigenvalue weighted by atomic mass is 32.2. The van der Waals surface area contributed by atoms with Crippen LogP contribution in [0.25, 0.3) is 0 Å². The summed E-state index contributed by atoms with van der Waals surface area (Å²) < 4.78 is 34.0. The largest absolute Gasteiger partial charge is 0.497 e. The van der Waals surface area contributed by atoms with Gasteiger partial charge in [0.1, 0.15) is 18.3 Å². The Balaban J connectivity index is 1.67. The molecule has 0 aliphatic heterocycles. The van der Waals surface area contributed by atoms with Crippen molar-refractivity contribution >= 4 is 27.5 Å². The lowest BCUT2D eigenvalue weighted by Crippen LogP contribution is -2.52. The first-order chi connectivity index (χ1) is 19.2. The number of carbonyl (C=O) groups excluding carboxylic acids is 2. The number of carbonyl (C=O) groups is 2. The molecule has 212 valence electrons. The van der Waals surface area contributed by atoms with Crippen LogP contribution in [0.2, 0.25) is 0 Å². The Morgan fingerprint density at radius 3 is 2.20 bits per heavy atom. The van der Waals surface area contributed by atoms with Crippen LogP contribution in [-0.2, 0) is 26.2 Å². The third-order valence-electron chi connectivity index (χ3n) is 7.44. The van der Waals surface area contributed by atoms with E-state index in [9.17, 15) is 18.0 Å². The molecule has 0 aromatic heterocycles. The molecule has 0 unspecified atom stereocenters. The summed E-state index contributed by atoms with van der Waals surface area (Å²) in [5.74, 6) is -0.191. The molecular weight excluding hydrogens is 526 g/mol. The summed E-state index contributed by atoms with van der Waals surface area (Å²) in [6, 6.07) is 21.5. The number of para-hydroxylation sites is 1. The van der Waals surface area contributed by atoms with Gasteiger partial charge in [0.25, 0.3) is 10.0 Å². The van der Waals surface area contributed by atoms with Crippen molar-refractivity contribution in [3.05, 3.63) is 90.0 Å². The molecule has 2 amide bonds. The highest BCUT2D eigenvalue weighted by molar-refractivity contribution is 7.92. The van der Waals surface area contributed by atoms with E-state index in [-0.39, 0.29) is 23.4 Å². The van der Waals surface area contributed by atoms with Gasteiger partial charge in [0.05, 0.1) is 17.7 Å². The molecule has 3 aromatic carbocycles. The van der Waals surface area contributed by atoms with Gasteiger partial charge in [-0.25, -0.2) is 8.42 Å². The number of hydrogen-bond donors (Lipinski definition) is 1. The minimum Gasteiger partial charge on any atom is -0.497 e. The highest BCUT2D eigenvalue weighted by Crippen LogP contribution is 2.26. The first kappa shape index (κ1) is 29.1. The first-order valence-electron chi connectivity index (χ1n) is 13.6. The molecule has 1 atom stereocenters. The standard InChI is InChI=1S/C31H37N3O5S/c1-23-11-7-8-12-25(23)21-33(24(2)31(36)32-26-13-9-10-14-26)30(35)22-34(27-15-5-4-6-16-27)40(37,38)29-19-17-28(39-3)18-20-29/h4-8,11-12,15-20,24,26H,9-10,13-14,21-22H2,1-3H3,(H,32,36)/t24-/m1/s1. The average Bonchev–Trinajstić information content (AvgIpc) is 3.48. The number of nitrogens with zero attached hydrogens (tertiary/aromatic N) is 2. The number of sulfonamides is 1. The monoisotopic (exact) mass is 563 g/mol. The van der Waals surface area contributed by atoms with Crippen molar-refractivity contribution in [1.29, 1.82) is 0 Å². The normalized spacial score (nSPS) is 14.4. The molecule has 0 radical (unpaired) electrons. The van der Waals surface area contributed by atoms with Gasteiger partial charge in [0, 0.05) is 12.6 Å². The van der Waals surface area contributed by atoms with Crippen LogP contribution >= 0.6 is 0 Å². The third-order valence-corrected chi connectivity index (χ3v) is 9.23. The van der Waals surface area contributed by atoms with Gasteiger partial charge in [-0.05, 0) is 74.2 Å². The smallest absolute Gasteiger partial charge is 0.264 e. The Kier molecular flexibility index (Phi) is 9.47. The minimum absolute atomic E-state index is 0.0300. The third kappa shape index (κ3) is 6.83. The molecule has 0 bridgehead atoms. The van der Waals surface area contributed by atoms with Gasteiger partial charge in [0.15, 0.2) is 0 Å². The zero-order valence-corrected chi connectivity index (χ0v) is 24.1. The number of methoxy groups -OCH3 is 1. The van der Waals surface area contributed by atoms with Crippen LogP contribution in [0, 0.1) is 6.92 Å². The predicted molar refractivity (Wildman–Crippen MR) is 156 cm³/mol. The molecule has 3 aromatic rings. The molecule has 0 spiro atoms. The molecule has 40 heavy (non-hydrogen) atoms. The second-order valence-electron chi connectivity index (χ2n) is 10.1. The summed E-state index contributed by atoms with van der Waals surface area (Å²) in [4.78, 5) is 28.8. The molecule has 1 N–H and O–H groups in total. The molecule has 9 heteroatoms. The maximum atomic E-state index is 14.0. The zero-order chi connectivity index (χ0) is 28.7. The van der Waals surface area contributed by atoms with E-state index in [4.69, 9.17) is 4.74 Å². The van der Waals surface area contributed by atoms with Crippen molar-refractivity contribution in [3.8, 4) is 5.75 Å². The van der Waals surface area contributed by atoms with Crippen LogP contribution in [0.1, 0.15) is 43.7 Å². The molecule has 1 aliphatic carbocycles. The number of aryl methyl sites for hydroxylation is 1. The molecule has 8 nitrogen and oxygen atoms in total. The lowest BCUT2D eigenvalue weighted by atomic mass is 10.1. The van der Waals surface area contributed by atoms with E-state index in [1.807, 2.05) is 31.2 Å². The molecule has 1 fully saturated rings. The summed E-state index contributed by atoms with van der Waals surface area (Å²) in [6.07, 6.45) is 3.99. The van der Waals surface area contributed by atoms with Gasteiger partial charge in [0.2, 0.25) is 11.8 Å². The Morgan fingerprint density at radius 1 is 0.950 bits per heavy atom. The number of amides is 2. The van der Waals surface area contributed by atoms with E-state index in [1.54, 1.807) is 49.4 Å². The van der Waals surface area contributed by atoms with Gasteiger partial charge >= 0.3 is 0 Å². The second-order valence-corrected chi connectivity index (χ2v) is 12.0. The molecule has 1 saturated carbocycles. The maximum absolute atomic E-state index is 14.0. The summed E-state index contributed by atoms with van der Waals surface area (Å²) in [5.41, 5.74) is 2.22. The van der Waals surface area contributed by atoms with Crippen molar-refractivity contribution in [2.75, 3.05) is 18.0 Å². The van der Waals surface area contributed by atoms with Crippen LogP contribution in [0.15, 0.2) is 83.8 Å². The van der Waals surface area contributed by atoms with Crippen molar-refractivity contribution in [2.45, 2.75) is 63.1 Å². The maximum Gasteiger partial charge on any atom is 0.264 e. The summed E-state index contributed by atoms with van der Waals surface area (Å²) in [5, 5.41) is 3.09. The topological polar surface area (TPSA) is 96.0 Å². The van der Waals surface area contributed by atoms with Crippen molar-refractivity contribution in [2.24, 2.45) is 0 Å². The van der Waals surface area contributed by atoms with E-state index in [1.165, 1.54) is 24.1 Å². The van der Waals surface area contributed by atoms with Gasteiger partial charge in [-0.2, -0.15) is 0 Å². The van der Waals surface area contributed by atoms with E-state index < -0.39 is 28.5 Å². The van der Waals surface area contributed by atoms with Gasteiger partial charge in [-0.1, -0.05) is 55.3 Å². The molecular formula is C31H37N3O5S. The first-order valence-corrected chi connectivity index (χ1v) is 15.0. The van der Waals surface area contributed by atoms with Crippen molar-refractivity contribution in [1.82, 2.24) is 10.2 Å². The average molecular weight is 564 g/mol. The van der Waals surface area contributed by atoms with Crippen LogP contribution in [0.4, 0.5) is 5.69 Å². The lowest BCUT2D eigenvalue weighted by Gasteiger charge is -2.32. The Morgan fingerprint density at radius 2 is 1.57 bits per heavy atom. The van der Waals surface area contributed by atoms with E-state index in [0.717, 1.165) is 41.1 Å². The van der Waals surface area contributed by atoms with Crippen LogP contribution < -0.4 is 14.4 Å². The van der Waals surface area contributed by atoms with E-state index in [0.29, 0.717) is 11.4 Å². The van der Waals surface area contributed by atoms with Gasteiger partial charge in [-0.3, -0.25) is 13.9 Å². The molecule has 0 heterocycles. The number of rotatable bonds is 11. The number of hydrogen-bond acceptors (Lipinski definition) is 5. The zero-order valence-electron chi connectivity index (χ0n) is 23.2. The number of anilines is 1. The van der Waals surface area contributed by atoms with Crippen LogP contribution in [-0.4, -0.2) is 50.9 Å². The fourth-order valence-corrected chi connectivity index (χ4v) is 6.36. The second kappa shape index (κ2) is 13.0. The number of nitrogens with one attached hydrogen (secondary N) is 1. The van der Waals surface area contributed by atoms with E-state index >= 15 is 0 Å². The highest BCUT2D eigenvalue weighted by Gasteiger charge is 2.33. The van der Waals surface area contributed by atoms with E-state index in [2.05, 4.69) is 5.32 Å². The minimum atomic E-state index is -4.12. The summed E-state index contributed by atoms with van der Waals surface area (Å²) >= 11 is 0. The van der Waals surface area contributed by atoms with Crippen LogP contribution in [0.5, 0.6) is 5.75 Å². The van der Waals surface area contributed by atoms with Gasteiger partial charge < -0.3 is 15.0 Å².